The Morgan fingerprint density at radius 1 is 0.875 bits per heavy atom. The van der Waals surface area contributed by atoms with Crippen molar-refractivity contribution >= 4 is 11.9 Å². The van der Waals surface area contributed by atoms with Crippen molar-refractivity contribution in [3.8, 4) is 5.75 Å². The minimum absolute atomic E-state index is 0.0486. The van der Waals surface area contributed by atoms with Gasteiger partial charge in [-0.1, -0.05) is 91.0 Å². The van der Waals surface area contributed by atoms with Gasteiger partial charge >= 0.3 is 5.97 Å². The Hall–Kier alpha value is -4.85. The fraction of sp³-hybridized carbons (Fsp3) is 0.219. The number of ether oxygens (including phenoxy) is 2. The number of nitrogens with zero attached hydrogens (tertiary/aromatic N) is 3. The lowest BCUT2D eigenvalue weighted by Crippen LogP contribution is -2.56. The maximum atomic E-state index is 13.9. The second kappa shape index (κ2) is 11.5. The lowest BCUT2D eigenvalue weighted by atomic mass is 9.97. The molecule has 0 spiro atoms. The summed E-state index contributed by atoms with van der Waals surface area (Å²) in [5.41, 5.74) is 2.32. The van der Waals surface area contributed by atoms with Gasteiger partial charge in [-0.3, -0.25) is 14.6 Å². The number of carbonyl (C=O) groups is 2. The molecule has 40 heavy (non-hydrogen) atoms. The summed E-state index contributed by atoms with van der Waals surface area (Å²) >= 11 is 0. The molecule has 5 rings (SSSR count). The number of rotatable bonds is 8. The Morgan fingerprint density at radius 3 is 1.95 bits per heavy atom. The summed E-state index contributed by atoms with van der Waals surface area (Å²) in [7, 11) is 1.23. The molecule has 0 fully saturated rings. The third kappa shape index (κ3) is 4.84. The monoisotopic (exact) mass is 537 g/mol. The van der Waals surface area contributed by atoms with E-state index in [-0.39, 0.29) is 42.2 Å². The molecule has 0 bridgehead atoms. The zero-order valence-corrected chi connectivity index (χ0v) is 22.7. The van der Waals surface area contributed by atoms with Gasteiger partial charge < -0.3 is 14.4 Å². The fourth-order valence-electron chi connectivity index (χ4n) is 5.17. The number of methoxy groups -OCH3 is 1. The number of fused-ring (bicyclic) bond motifs is 1. The van der Waals surface area contributed by atoms with Crippen LogP contribution in [0.4, 0.5) is 0 Å². The molecule has 1 aliphatic rings. The van der Waals surface area contributed by atoms with Crippen LogP contribution >= 0.6 is 0 Å². The highest BCUT2D eigenvalue weighted by molar-refractivity contribution is 5.99. The highest BCUT2D eigenvalue weighted by Gasteiger charge is 2.40. The number of esters is 1. The average Bonchev–Trinajstić information content (AvgIpc) is 2.99. The summed E-state index contributed by atoms with van der Waals surface area (Å²) in [5, 5.41) is 2.00. The molecule has 0 radical (unpaired) electrons. The molecule has 8 nitrogen and oxygen atoms in total. The number of hydrogen-bond acceptors (Lipinski definition) is 6. The van der Waals surface area contributed by atoms with Gasteiger partial charge in [0.1, 0.15) is 18.8 Å². The first kappa shape index (κ1) is 26.7. The number of aromatic nitrogens is 1. The van der Waals surface area contributed by atoms with Crippen LogP contribution in [0.2, 0.25) is 0 Å². The van der Waals surface area contributed by atoms with Crippen molar-refractivity contribution < 1.29 is 19.1 Å². The van der Waals surface area contributed by atoms with Crippen LogP contribution in [0.15, 0.2) is 95.8 Å². The zero-order chi connectivity index (χ0) is 28.2. The molecule has 0 saturated carbocycles. The maximum absolute atomic E-state index is 13.9. The molecule has 2 heterocycles. The van der Waals surface area contributed by atoms with Gasteiger partial charge in [0, 0.05) is 6.54 Å². The largest absolute Gasteiger partial charge is 0.482 e. The topological polar surface area (TPSA) is 81.1 Å². The molecule has 0 N–H and O–H groups in total. The smallest absolute Gasteiger partial charge is 0.343 e. The van der Waals surface area contributed by atoms with Gasteiger partial charge in [-0.2, -0.15) is 0 Å². The van der Waals surface area contributed by atoms with Gasteiger partial charge in [-0.05, 0) is 30.5 Å². The molecule has 4 aromatic rings. The van der Waals surface area contributed by atoms with Crippen molar-refractivity contribution in [3.05, 3.63) is 135 Å². The summed E-state index contributed by atoms with van der Waals surface area (Å²) in [6.45, 7) is 4.24. The minimum Gasteiger partial charge on any atom is -0.482 e. The van der Waals surface area contributed by atoms with E-state index in [4.69, 9.17) is 9.47 Å². The summed E-state index contributed by atoms with van der Waals surface area (Å²) < 4.78 is 12.8. The molecule has 1 aromatic heterocycles. The normalized spacial score (nSPS) is 12.8. The van der Waals surface area contributed by atoms with E-state index in [2.05, 4.69) is 0 Å². The Balaban J connectivity index is 1.79. The van der Waals surface area contributed by atoms with Crippen LogP contribution in [0.5, 0.6) is 5.75 Å². The fourth-order valence-corrected chi connectivity index (χ4v) is 5.17. The van der Waals surface area contributed by atoms with E-state index >= 15 is 0 Å². The van der Waals surface area contributed by atoms with Crippen molar-refractivity contribution in [1.29, 1.82) is 0 Å². The van der Waals surface area contributed by atoms with Gasteiger partial charge in [-0.25, -0.2) is 9.47 Å². The lowest BCUT2D eigenvalue weighted by Gasteiger charge is -2.45. The molecule has 8 heteroatoms. The highest BCUT2D eigenvalue weighted by atomic mass is 16.5. The lowest BCUT2D eigenvalue weighted by molar-refractivity contribution is 0.0588. The van der Waals surface area contributed by atoms with Gasteiger partial charge in [0.05, 0.1) is 18.8 Å². The molecular formula is C32H31N3O5. The van der Waals surface area contributed by atoms with Crippen LogP contribution in [0.25, 0.3) is 0 Å². The van der Waals surface area contributed by atoms with Crippen LogP contribution in [-0.2, 0) is 11.3 Å². The minimum atomic E-state index is -0.788. The van der Waals surface area contributed by atoms with Gasteiger partial charge in [0.2, 0.25) is 5.43 Å². The second-order valence-corrected chi connectivity index (χ2v) is 9.51. The first-order valence-electron chi connectivity index (χ1n) is 13.2. The predicted octanol–water partition coefficient (Wildman–Crippen LogP) is 4.68. The molecular weight excluding hydrogens is 506 g/mol. The van der Waals surface area contributed by atoms with Crippen molar-refractivity contribution in [2.24, 2.45) is 0 Å². The molecule has 0 unspecified atom stereocenters. The summed E-state index contributed by atoms with van der Waals surface area (Å²) in [5.74, 6) is -1.31. The summed E-state index contributed by atoms with van der Waals surface area (Å²) in [6, 6.07) is 28.9. The van der Waals surface area contributed by atoms with E-state index in [9.17, 15) is 14.4 Å². The van der Waals surface area contributed by atoms with E-state index in [1.54, 1.807) is 16.5 Å². The van der Waals surface area contributed by atoms with Crippen LogP contribution in [0, 0.1) is 6.92 Å². The number of carbonyl (C=O) groups excluding carboxylic acids is 2. The van der Waals surface area contributed by atoms with Gasteiger partial charge in [0.25, 0.3) is 5.91 Å². The van der Waals surface area contributed by atoms with Crippen LogP contribution in [0.1, 0.15) is 56.2 Å². The standard InChI is InChI=1S/C32H31N3O5/c1-4-33-21-34(27(24-16-10-6-11-17-24)25-18-12-7-13-19-25)35-22(2)26(32(38)39-3)29(36)30(28(35)31(33)37)40-20-23-14-8-5-9-15-23/h5-19,27H,4,20-21H2,1-3H3. The van der Waals surface area contributed by atoms with E-state index in [0.29, 0.717) is 12.2 Å². The van der Waals surface area contributed by atoms with Crippen LogP contribution < -0.4 is 15.2 Å². The summed E-state index contributed by atoms with van der Waals surface area (Å²) in [6.07, 6.45) is 0. The van der Waals surface area contributed by atoms with Gasteiger partial charge in [-0.15, -0.1) is 0 Å². The molecule has 3 aromatic carbocycles. The Labute approximate surface area is 233 Å². The SMILES string of the molecule is CCN1CN(C(c2ccccc2)c2ccccc2)n2c(C)c(C(=O)OC)c(=O)c(OCc3ccccc3)c2C1=O. The van der Waals surface area contributed by atoms with E-state index in [1.807, 2.05) is 103 Å². The highest BCUT2D eigenvalue weighted by Crippen LogP contribution is 2.34. The predicted molar refractivity (Wildman–Crippen MR) is 152 cm³/mol. The molecule has 1 amide bonds. The molecule has 204 valence electrons. The van der Waals surface area contributed by atoms with E-state index in [0.717, 1.165) is 16.7 Å². The average molecular weight is 538 g/mol. The Bertz CT molecular complexity index is 1530. The van der Waals surface area contributed by atoms with Crippen molar-refractivity contribution in [1.82, 2.24) is 9.58 Å². The number of hydrogen-bond donors (Lipinski definition) is 0. The molecule has 1 aliphatic heterocycles. The third-order valence-corrected chi connectivity index (χ3v) is 7.13. The van der Waals surface area contributed by atoms with Crippen LogP contribution in [0.3, 0.4) is 0 Å². The van der Waals surface area contributed by atoms with Crippen LogP contribution in [-0.4, -0.2) is 41.8 Å². The second-order valence-electron chi connectivity index (χ2n) is 9.51. The quantitative estimate of drug-likeness (QED) is 0.304. The zero-order valence-electron chi connectivity index (χ0n) is 22.7. The Morgan fingerprint density at radius 2 is 1.43 bits per heavy atom. The third-order valence-electron chi connectivity index (χ3n) is 7.13. The van der Waals surface area contributed by atoms with E-state index in [1.165, 1.54) is 7.11 Å². The number of amides is 1. The number of pyridine rings is 1. The van der Waals surface area contributed by atoms with Gasteiger partial charge in [0.15, 0.2) is 11.4 Å². The maximum Gasteiger partial charge on any atom is 0.343 e. The first-order valence-corrected chi connectivity index (χ1v) is 13.2. The first-order chi connectivity index (χ1) is 19.5. The molecule has 0 atom stereocenters. The van der Waals surface area contributed by atoms with Crippen molar-refractivity contribution in [3.63, 3.8) is 0 Å². The Kier molecular flexibility index (Phi) is 7.68. The molecule has 0 saturated heterocycles. The summed E-state index contributed by atoms with van der Waals surface area (Å²) in [4.78, 5) is 42.4. The van der Waals surface area contributed by atoms with E-state index < -0.39 is 11.4 Å². The molecule has 0 aliphatic carbocycles. The number of benzene rings is 3. The van der Waals surface area contributed by atoms with Crippen molar-refractivity contribution in [2.45, 2.75) is 26.5 Å². The van der Waals surface area contributed by atoms with Crippen molar-refractivity contribution in [2.75, 3.05) is 25.3 Å².